The number of nitrogens with one attached hydrogen (secondary N) is 1. The summed E-state index contributed by atoms with van der Waals surface area (Å²) in [5.41, 5.74) is -0.216. The van der Waals surface area contributed by atoms with Gasteiger partial charge in [-0.15, -0.1) is 0 Å². The molecule has 4 rings (SSSR count). The summed E-state index contributed by atoms with van der Waals surface area (Å²) in [7, 11) is 2.91. The first kappa shape index (κ1) is 21.1. The van der Waals surface area contributed by atoms with E-state index in [9.17, 15) is 14.4 Å². The van der Waals surface area contributed by atoms with E-state index in [1.165, 1.54) is 24.9 Å². The highest BCUT2D eigenvalue weighted by Gasteiger charge is 2.19. The van der Waals surface area contributed by atoms with Crippen LogP contribution >= 0.6 is 27.7 Å². The number of nitrogens with zero attached hydrogens (tertiary/aromatic N) is 4. The number of amides is 1. The molecule has 31 heavy (non-hydrogen) atoms. The van der Waals surface area contributed by atoms with Crippen molar-refractivity contribution in [2.24, 2.45) is 14.1 Å². The van der Waals surface area contributed by atoms with Crippen molar-refractivity contribution in [2.45, 2.75) is 5.03 Å². The molecule has 0 atom stereocenters. The number of fused-ring (bicyclic) bond motifs is 1. The van der Waals surface area contributed by atoms with Crippen LogP contribution in [-0.2, 0) is 18.9 Å². The summed E-state index contributed by atoms with van der Waals surface area (Å²) in [5, 5.41) is 3.25. The van der Waals surface area contributed by atoms with E-state index in [-0.39, 0.29) is 28.5 Å². The average molecular weight is 502 g/mol. The second-order valence-electron chi connectivity index (χ2n) is 6.58. The lowest BCUT2D eigenvalue weighted by Gasteiger charge is -2.11. The van der Waals surface area contributed by atoms with Crippen molar-refractivity contribution in [3.05, 3.63) is 68.0 Å². The fourth-order valence-corrected chi connectivity index (χ4v) is 3.99. The molecule has 0 spiro atoms. The van der Waals surface area contributed by atoms with Gasteiger partial charge in [-0.2, -0.15) is 0 Å². The van der Waals surface area contributed by atoms with Gasteiger partial charge in [0.15, 0.2) is 17.2 Å². The lowest BCUT2D eigenvalue weighted by atomic mass is 10.3. The molecule has 1 amide bonds. The van der Waals surface area contributed by atoms with Crippen molar-refractivity contribution in [1.82, 2.24) is 19.1 Å². The molecule has 1 aromatic carbocycles. The highest BCUT2D eigenvalue weighted by atomic mass is 79.9. The maximum atomic E-state index is 12.8. The van der Waals surface area contributed by atoms with Gasteiger partial charge in [0.05, 0.1) is 12.0 Å². The molecule has 0 unspecified atom stereocenters. The van der Waals surface area contributed by atoms with Gasteiger partial charge in [0.1, 0.15) is 10.4 Å². The third kappa shape index (κ3) is 4.19. The second-order valence-corrected chi connectivity index (χ2v) is 8.46. The zero-order valence-corrected chi connectivity index (χ0v) is 18.9. The van der Waals surface area contributed by atoms with E-state index in [1.807, 2.05) is 12.1 Å². The quantitative estimate of drug-likeness (QED) is 0.330. The van der Waals surface area contributed by atoms with Crippen molar-refractivity contribution in [2.75, 3.05) is 11.1 Å². The van der Waals surface area contributed by atoms with Gasteiger partial charge in [0.2, 0.25) is 5.91 Å². The van der Waals surface area contributed by atoms with E-state index >= 15 is 0 Å². The summed E-state index contributed by atoms with van der Waals surface area (Å²) in [6.07, 6.45) is 1.48. The van der Waals surface area contributed by atoms with Crippen LogP contribution in [0.15, 0.2) is 66.2 Å². The number of furan rings is 1. The summed E-state index contributed by atoms with van der Waals surface area (Å²) < 4.78 is 8.54. The monoisotopic (exact) mass is 501 g/mol. The Kier molecular flexibility index (Phi) is 5.79. The minimum atomic E-state index is -0.528. The summed E-state index contributed by atoms with van der Waals surface area (Å²) in [6.45, 7) is 0. The minimum absolute atomic E-state index is 0.00572. The smallest absolute Gasteiger partial charge is 0.332 e. The van der Waals surface area contributed by atoms with E-state index in [4.69, 9.17) is 4.42 Å². The minimum Gasteiger partial charge on any atom is -0.461 e. The molecular weight excluding hydrogens is 486 g/mol. The molecule has 0 saturated carbocycles. The number of hydrogen-bond acceptors (Lipinski definition) is 7. The second kappa shape index (κ2) is 8.52. The van der Waals surface area contributed by atoms with Crippen molar-refractivity contribution < 1.29 is 9.21 Å². The predicted octanol–water partition coefficient (Wildman–Crippen LogP) is 2.78. The van der Waals surface area contributed by atoms with Crippen LogP contribution in [0.5, 0.6) is 0 Å². The third-order valence-corrected chi connectivity index (χ3v) is 5.98. The molecule has 3 heterocycles. The zero-order chi connectivity index (χ0) is 22.1. The Balaban J connectivity index is 1.73. The number of thioether (sulfide) groups is 1. The van der Waals surface area contributed by atoms with Gasteiger partial charge in [-0.1, -0.05) is 27.7 Å². The van der Waals surface area contributed by atoms with Crippen LogP contribution in [0.2, 0.25) is 0 Å². The van der Waals surface area contributed by atoms with Crippen LogP contribution in [-0.4, -0.2) is 30.8 Å². The summed E-state index contributed by atoms with van der Waals surface area (Å²) in [5.74, 6) is 0.346. The van der Waals surface area contributed by atoms with Gasteiger partial charge in [-0.3, -0.25) is 18.7 Å². The zero-order valence-electron chi connectivity index (χ0n) is 16.5. The van der Waals surface area contributed by atoms with E-state index in [0.717, 1.165) is 20.8 Å². The molecule has 0 saturated heterocycles. The average Bonchev–Trinajstić information content (AvgIpc) is 3.31. The van der Waals surface area contributed by atoms with Gasteiger partial charge < -0.3 is 9.73 Å². The summed E-state index contributed by atoms with van der Waals surface area (Å²) in [6, 6.07) is 10.5. The normalized spacial score (nSPS) is 11.1. The Bertz CT molecular complexity index is 1390. The number of halogens is 1. The molecule has 1 N–H and O–H groups in total. The van der Waals surface area contributed by atoms with Gasteiger partial charge in [0, 0.05) is 24.3 Å². The van der Waals surface area contributed by atoms with E-state index < -0.39 is 11.2 Å². The first-order chi connectivity index (χ1) is 14.8. The Morgan fingerprint density at radius 1 is 1.13 bits per heavy atom. The molecule has 0 aliphatic heterocycles. The van der Waals surface area contributed by atoms with Crippen LogP contribution in [0.4, 0.5) is 5.69 Å². The van der Waals surface area contributed by atoms with Crippen LogP contribution in [0.1, 0.15) is 0 Å². The first-order valence-corrected chi connectivity index (χ1v) is 10.8. The lowest BCUT2D eigenvalue weighted by Crippen LogP contribution is -2.37. The van der Waals surface area contributed by atoms with Crippen molar-refractivity contribution in [3.63, 3.8) is 0 Å². The van der Waals surface area contributed by atoms with Crippen LogP contribution in [0.3, 0.4) is 0 Å². The van der Waals surface area contributed by atoms with Gasteiger partial charge >= 0.3 is 5.69 Å². The maximum absolute atomic E-state index is 12.8. The van der Waals surface area contributed by atoms with E-state index in [1.54, 1.807) is 24.3 Å². The standard InChI is InChI=1S/C20H16BrN5O4S/c1-25-17-15(19(28)26(2)20(25)29)18(24-16(23-17)13-4-3-9-30-13)31-10-14(27)22-12-7-5-11(21)6-8-12/h3-9H,10H2,1-2H3,(H,22,27). The molecule has 0 fully saturated rings. The Hall–Kier alpha value is -3.18. The molecule has 0 radical (unpaired) electrons. The van der Waals surface area contributed by atoms with Crippen molar-refractivity contribution in [1.29, 1.82) is 0 Å². The number of carbonyl (C=O) groups is 1. The number of hydrogen-bond donors (Lipinski definition) is 1. The van der Waals surface area contributed by atoms with Crippen LogP contribution in [0.25, 0.3) is 22.6 Å². The third-order valence-electron chi connectivity index (χ3n) is 4.48. The van der Waals surface area contributed by atoms with Crippen molar-refractivity contribution in [3.8, 4) is 11.6 Å². The molecule has 0 bridgehead atoms. The molecule has 3 aromatic heterocycles. The van der Waals surface area contributed by atoms with E-state index in [0.29, 0.717) is 16.5 Å². The number of benzene rings is 1. The topological polar surface area (TPSA) is 112 Å². The number of aryl methyl sites for hydroxylation is 1. The molecule has 9 nitrogen and oxygen atoms in total. The maximum Gasteiger partial charge on any atom is 0.332 e. The predicted molar refractivity (Wildman–Crippen MR) is 121 cm³/mol. The molecule has 0 aliphatic carbocycles. The van der Waals surface area contributed by atoms with Gasteiger partial charge in [-0.05, 0) is 36.4 Å². The molecule has 11 heteroatoms. The molecular formula is C20H16BrN5O4S. The van der Waals surface area contributed by atoms with Crippen LogP contribution < -0.4 is 16.6 Å². The summed E-state index contributed by atoms with van der Waals surface area (Å²) >= 11 is 4.43. The number of carbonyl (C=O) groups excluding carboxylic acids is 1. The molecule has 0 aliphatic rings. The van der Waals surface area contributed by atoms with Crippen LogP contribution in [0, 0.1) is 0 Å². The fraction of sp³-hybridized carbons (Fsp3) is 0.150. The fourth-order valence-electron chi connectivity index (χ4n) is 2.91. The van der Waals surface area contributed by atoms with Crippen molar-refractivity contribution >= 4 is 50.3 Å². The highest BCUT2D eigenvalue weighted by Crippen LogP contribution is 2.26. The lowest BCUT2D eigenvalue weighted by molar-refractivity contribution is -0.113. The largest absolute Gasteiger partial charge is 0.461 e. The number of rotatable bonds is 5. The van der Waals surface area contributed by atoms with E-state index in [2.05, 4.69) is 31.2 Å². The Morgan fingerprint density at radius 3 is 2.55 bits per heavy atom. The van der Waals surface area contributed by atoms with Gasteiger partial charge in [-0.25, -0.2) is 14.8 Å². The Labute approximate surface area is 188 Å². The number of anilines is 1. The molecule has 4 aromatic rings. The SMILES string of the molecule is Cn1c(=O)c2c(SCC(=O)Nc3ccc(Br)cc3)nc(-c3ccco3)nc2n(C)c1=O. The molecule has 158 valence electrons. The summed E-state index contributed by atoms with van der Waals surface area (Å²) in [4.78, 5) is 46.5. The number of aromatic nitrogens is 4. The highest BCUT2D eigenvalue weighted by molar-refractivity contribution is 9.10. The van der Waals surface area contributed by atoms with Gasteiger partial charge in [0.25, 0.3) is 5.56 Å². The first-order valence-electron chi connectivity index (χ1n) is 9.05. The Morgan fingerprint density at radius 2 is 1.87 bits per heavy atom.